The maximum Gasteiger partial charge on any atom is 0.355 e. The van der Waals surface area contributed by atoms with Crippen molar-refractivity contribution in [2.45, 2.75) is 11.8 Å². The van der Waals surface area contributed by atoms with Gasteiger partial charge in [0.05, 0.1) is 15.7 Å². The zero-order valence-corrected chi connectivity index (χ0v) is 13.8. The summed E-state index contributed by atoms with van der Waals surface area (Å²) < 4.78 is 31.3. The highest BCUT2D eigenvalue weighted by Gasteiger charge is 2.25. The molecule has 0 radical (unpaired) electrons. The lowest BCUT2D eigenvalue weighted by Gasteiger charge is -2.11. The van der Waals surface area contributed by atoms with Crippen LogP contribution in [0, 0.1) is 10.6 Å². The summed E-state index contributed by atoms with van der Waals surface area (Å²) in [7, 11) is -2.61. The third-order valence-corrected chi connectivity index (χ3v) is 5.66. The van der Waals surface area contributed by atoms with Crippen LogP contribution in [0.25, 0.3) is 0 Å². The van der Waals surface area contributed by atoms with Crippen LogP contribution in [-0.2, 0) is 14.8 Å². The van der Waals surface area contributed by atoms with Crippen molar-refractivity contribution in [1.82, 2.24) is 3.97 Å². The number of carbonyl (C=O) groups is 1. The summed E-state index contributed by atoms with van der Waals surface area (Å²) >= 11 is 1.87. The highest BCUT2D eigenvalue weighted by molar-refractivity contribution is 14.1. The number of esters is 1. The van der Waals surface area contributed by atoms with Gasteiger partial charge in [-0.1, -0.05) is 17.7 Å². The summed E-state index contributed by atoms with van der Waals surface area (Å²) in [6.07, 6.45) is 0. The molecule has 7 heteroatoms. The monoisotopic (exact) mass is 405 g/mol. The first kappa shape index (κ1) is 15.0. The Labute approximate surface area is 130 Å². The van der Waals surface area contributed by atoms with Gasteiger partial charge in [0, 0.05) is 0 Å². The van der Waals surface area contributed by atoms with Gasteiger partial charge in [-0.05, 0) is 53.8 Å². The number of ether oxygens (including phenoxy) is 1. The van der Waals surface area contributed by atoms with Gasteiger partial charge in [0.2, 0.25) is 0 Å². The van der Waals surface area contributed by atoms with E-state index in [-0.39, 0.29) is 10.6 Å². The lowest BCUT2D eigenvalue weighted by atomic mass is 10.2. The summed E-state index contributed by atoms with van der Waals surface area (Å²) in [6.45, 7) is 1.87. The molecule has 0 spiro atoms. The van der Waals surface area contributed by atoms with Gasteiger partial charge < -0.3 is 4.74 Å². The molecule has 0 amide bonds. The second-order valence-electron chi connectivity index (χ2n) is 4.12. The van der Waals surface area contributed by atoms with Gasteiger partial charge in [0.15, 0.2) is 0 Å². The van der Waals surface area contributed by atoms with E-state index < -0.39 is 16.0 Å². The Bertz CT molecular complexity index is 747. The van der Waals surface area contributed by atoms with E-state index in [9.17, 15) is 13.2 Å². The Morgan fingerprint density at radius 3 is 2.30 bits per heavy atom. The Hall–Kier alpha value is -1.35. The van der Waals surface area contributed by atoms with Crippen LogP contribution in [0.2, 0.25) is 0 Å². The zero-order valence-electron chi connectivity index (χ0n) is 10.8. The van der Waals surface area contributed by atoms with E-state index in [1.165, 1.54) is 25.3 Å². The molecular formula is C13H12INO4S. The van der Waals surface area contributed by atoms with E-state index >= 15 is 0 Å². The number of aromatic nitrogens is 1. The van der Waals surface area contributed by atoms with Crippen molar-refractivity contribution in [2.75, 3.05) is 7.11 Å². The highest BCUT2D eigenvalue weighted by atomic mass is 127. The van der Waals surface area contributed by atoms with Crippen molar-refractivity contribution in [2.24, 2.45) is 0 Å². The number of aryl methyl sites for hydroxylation is 1. The topological polar surface area (TPSA) is 65.4 Å². The molecule has 0 N–H and O–H groups in total. The van der Waals surface area contributed by atoms with E-state index in [0.29, 0.717) is 3.70 Å². The van der Waals surface area contributed by atoms with Crippen molar-refractivity contribution >= 4 is 38.6 Å². The van der Waals surface area contributed by atoms with Crippen LogP contribution in [0.1, 0.15) is 16.1 Å². The number of halogens is 1. The van der Waals surface area contributed by atoms with E-state index in [1.807, 2.05) is 29.5 Å². The lowest BCUT2D eigenvalue weighted by Crippen LogP contribution is -2.20. The molecule has 1 aromatic heterocycles. The number of methoxy groups -OCH3 is 1. The van der Waals surface area contributed by atoms with Crippen LogP contribution in [0.15, 0.2) is 41.3 Å². The molecule has 0 aliphatic heterocycles. The average Bonchev–Trinajstić information content (AvgIpc) is 2.81. The van der Waals surface area contributed by atoms with Gasteiger partial charge in [0.25, 0.3) is 10.0 Å². The van der Waals surface area contributed by atoms with Crippen molar-refractivity contribution < 1.29 is 17.9 Å². The van der Waals surface area contributed by atoms with E-state index in [2.05, 4.69) is 4.74 Å². The summed E-state index contributed by atoms with van der Waals surface area (Å²) in [6, 6.07) is 9.43. The van der Waals surface area contributed by atoms with Crippen molar-refractivity contribution in [1.29, 1.82) is 0 Å². The first-order valence-electron chi connectivity index (χ1n) is 5.65. The Balaban J connectivity index is 2.63. The molecule has 0 saturated heterocycles. The molecule has 2 rings (SSSR count). The predicted octanol–water partition coefficient (Wildman–Crippen LogP) is 2.42. The molecule has 1 heterocycles. The molecule has 0 aliphatic rings. The first-order chi connectivity index (χ1) is 9.37. The SMILES string of the molecule is COC(=O)c1ccc(I)n1S(=O)(=O)c1ccc(C)cc1. The van der Waals surface area contributed by atoms with Crippen LogP contribution < -0.4 is 0 Å². The van der Waals surface area contributed by atoms with E-state index in [4.69, 9.17) is 0 Å². The highest BCUT2D eigenvalue weighted by Crippen LogP contribution is 2.22. The number of benzene rings is 1. The molecule has 20 heavy (non-hydrogen) atoms. The number of nitrogens with zero attached hydrogens (tertiary/aromatic N) is 1. The number of hydrogen-bond acceptors (Lipinski definition) is 4. The summed E-state index contributed by atoms with van der Waals surface area (Å²) in [5.74, 6) is -0.691. The Morgan fingerprint density at radius 2 is 1.75 bits per heavy atom. The van der Waals surface area contributed by atoms with Gasteiger partial charge in [0.1, 0.15) is 5.69 Å². The van der Waals surface area contributed by atoms with Crippen LogP contribution >= 0.6 is 22.6 Å². The van der Waals surface area contributed by atoms with Crippen molar-refractivity contribution in [3.63, 3.8) is 0 Å². The van der Waals surface area contributed by atoms with Gasteiger partial charge in [-0.25, -0.2) is 17.2 Å². The molecule has 5 nitrogen and oxygen atoms in total. The molecular weight excluding hydrogens is 393 g/mol. The molecule has 0 fully saturated rings. The van der Waals surface area contributed by atoms with Crippen molar-refractivity contribution in [3.05, 3.63) is 51.4 Å². The molecule has 1 aromatic carbocycles. The molecule has 0 atom stereocenters. The molecule has 0 aliphatic carbocycles. The lowest BCUT2D eigenvalue weighted by molar-refractivity contribution is 0.0592. The van der Waals surface area contributed by atoms with Gasteiger partial charge >= 0.3 is 5.97 Å². The third kappa shape index (κ3) is 2.59. The van der Waals surface area contributed by atoms with E-state index in [1.54, 1.807) is 18.2 Å². The number of carbonyl (C=O) groups excluding carboxylic acids is 1. The predicted molar refractivity (Wildman–Crippen MR) is 82.3 cm³/mol. The standard InChI is InChI=1S/C13H12INO4S/c1-9-3-5-10(6-4-9)20(17,18)15-11(13(16)19-2)7-8-12(15)14/h3-8H,1-2H3. The maximum atomic E-state index is 12.6. The first-order valence-corrected chi connectivity index (χ1v) is 8.17. The molecule has 0 unspecified atom stereocenters. The molecule has 106 valence electrons. The molecule has 0 bridgehead atoms. The van der Waals surface area contributed by atoms with E-state index in [0.717, 1.165) is 9.54 Å². The van der Waals surface area contributed by atoms with Gasteiger partial charge in [-0.15, -0.1) is 0 Å². The summed E-state index contributed by atoms with van der Waals surface area (Å²) in [4.78, 5) is 11.8. The number of hydrogen-bond donors (Lipinski definition) is 0. The normalized spacial score (nSPS) is 11.3. The van der Waals surface area contributed by atoms with Crippen LogP contribution in [-0.4, -0.2) is 25.5 Å². The minimum Gasteiger partial charge on any atom is -0.464 e. The largest absolute Gasteiger partial charge is 0.464 e. The summed E-state index contributed by atoms with van der Waals surface area (Å²) in [5.41, 5.74) is 0.941. The third-order valence-electron chi connectivity index (χ3n) is 2.75. The quantitative estimate of drug-likeness (QED) is 0.581. The Kier molecular flexibility index (Phi) is 4.19. The van der Waals surface area contributed by atoms with Gasteiger partial charge in [-0.3, -0.25) is 0 Å². The second-order valence-corrected chi connectivity index (χ2v) is 7.01. The molecule has 0 saturated carbocycles. The fourth-order valence-electron chi connectivity index (χ4n) is 1.71. The minimum absolute atomic E-state index is 0.0162. The van der Waals surface area contributed by atoms with Crippen LogP contribution in [0.4, 0.5) is 0 Å². The average molecular weight is 405 g/mol. The minimum atomic E-state index is -3.82. The second kappa shape index (κ2) is 5.57. The summed E-state index contributed by atoms with van der Waals surface area (Å²) in [5, 5.41) is 0. The molecule has 2 aromatic rings. The zero-order chi connectivity index (χ0) is 14.9. The Morgan fingerprint density at radius 1 is 1.15 bits per heavy atom. The fourth-order valence-corrected chi connectivity index (χ4v) is 4.31. The van der Waals surface area contributed by atoms with Crippen LogP contribution in [0.5, 0.6) is 0 Å². The van der Waals surface area contributed by atoms with Crippen molar-refractivity contribution in [3.8, 4) is 0 Å². The number of rotatable bonds is 3. The van der Waals surface area contributed by atoms with Gasteiger partial charge in [-0.2, -0.15) is 0 Å². The van der Waals surface area contributed by atoms with Crippen LogP contribution in [0.3, 0.4) is 0 Å². The maximum absolute atomic E-state index is 12.6. The smallest absolute Gasteiger partial charge is 0.355 e. The fraction of sp³-hybridized carbons (Fsp3) is 0.154.